The van der Waals surface area contributed by atoms with Gasteiger partial charge in [-0.25, -0.2) is 4.79 Å². The molecular weight excluding hydrogens is 134 g/mol. The summed E-state index contributed by atoms with van der Waals surface area (Å²) in [5.74, 6) is -2.02. The topological polar surface area (TPSA) is 46.2 Å². The number of carbonyl (C=O) groups excluding carboxylic acids is 1. The van der Waals surface area contributed by atoms with Crippen molar-refractivity contribution in [3.05, 3.63) is 0 Å². The lowest BCUT2D eigenvalue weighted by molar-refractivity contribution is -0.252. The molecule has 5 heteroatoms. The van der Waals surface area contributed by atoms with Crippen LogP contribution in [0.25, 0.3) is 0 Å². The molecule has 0 aliphatic rings. The Morgan fingerprint density at radius 3 is 2.22 bits per heavy atom. The third-order valence-electron chi connectivity index (χ3n) is 0.513. The Morgan fingerprint density at radius 1 is 1.67 bits per heavy atom. The smallest absolute Gasteiger partial charge is 0.459 e. The Hall–Kier alpha value is -0.710. The van der Waals surface area contributed by atoms with Gasteiger partial charge in [-0.2, -0.15) is 8.78 Å². The summed E-state index contributed by atoms with van der Waals surface area (Å²) in [7, 11) is 0. The van der Waals surface area contributed by atoms with E-state index in [1.807, 2.05) is 0 Å². The van der Waals surface area contributed by atoms with E-state index < -0.39 is 12.1 Å². The summed E-state index contributed by atoms with van der Waals surface area (Å²) in [4.78, 5) is 9.78. The average Bonchev–Trinajstić information content (AvgIpc) is 1.64. The maximum absolute atomic E-state index is 11.3. The molecule has 1 radical (unpaired) electrons. The van der Waals surface area contributed by atoms with Crippen LogP contribution in [0.1, 0.15) is 6.92 Å². The van der Waals surface area contributed by atoms with Crippen LogP contribution >= 0.6 is 0 Å². The first kappa shape index (κ1) is 8.29. The van der Waals surface area contributed by atoms with Crippen LogP contribution in [-0.4, -0.2) is 18.7 Å². The summed E-state index contributed by atoms with van der Waals surface area (Å²) < 4.78 is 26.3. The molecule has 0 amide bonds. The van der Waals surface area contributed by atoms with Crippen LogP contribution < -0.4 is 0 Å². The molecule has 53 valence electrons. The van der Waals surface area contributed by atoms with Crippen LogP contribution in [0.15, 0.2) is 0 Å². The van der Waals surface area contributed by atoms with E-state index in [4.69, 9.17) is 0 Å². The van der Waals surface area contributed by atoms with Gasteiger partial charge in [-0.3, -0.25) is 0 Å². The first-order chi connectivity index (χ1) is 3.98. The number of hydrogen-bond acceptors (Lipinski definition) is 2. The zero-order valence-corrected chi connectivity index (χ0v) is 4.69. The number of halogens is 2. The lowest BCUT2D eigenvalue weighted by atomic mass is 10.6. The van der Waals surface area contributed by atoms with Gasteiger partial charge in [0.25, 0.3) is 0 Å². The van der Waals surface area contributed by atoms with Gasteiger partial charge in [-0.15, -0.1) is 5.11 Å². The number of carbonyl (C=O) groups is 1. The molecule has 0 fully saturated rings. The third-order valence-corrected chi connectivity index (χ3v) is 0.513. The van der Waals surface area contributed by atoms with E-state index in [9.17, 15) is 18.7 Å². The second-order valence-electron chi connectivity index (χ2n) is 1.24. The van der Waals surface area contributed by atoms with E-state index in [2.05, 4.69) is 4.74 Å². The summed E-state index contributed by atoms with van der Waals surface area (Å²) >= 11 is 0. The molecule has 9 heavy (non-hydrogen) atoms. The molecule has 0 aromatic rings. The molecule has 0 aromatic heterocycles. The van der Waals surface area contributed by atoms with E-state index in [1.54, 1.807) is 0 Å². The molecule has 0 saturated carbocycles. The molecular formula is C4H5F2O3. The lowest BCUT2D eigenvalue weighted by Crippen LogP contribution is -2.28. The standard InChI is InChI=1S/C4H5F2O3/c1-2-9-3(7)4(5,6)8/h2H2,1H3. The number of rotatable bonds is 2. The molecule has 0 heterocycles. The van der Waals surface area contributed by atoms with Crippen LogP contribution in [-0.2, 0) is 14.6 Å². The van der Waals surface area contributed by atoms with Crippen molar-refractivity contribution in [3.8, 4) is 0 Å². The quantitative estimate of drug-likeness (QED) is 0.525. The molecule has 0 atom stereocenters. The van der Waals surface area contributed by atoms with E-state index in [1.165, 1.54) is 6.92 Å². The maximum atomic E-state index is 11.3. The van der Waals surface area contributed by atoms with Crippen molar-refractivity contribution in [2.24, 2.45) is 0 Å². The predicted octanol–water partition coefficient (Wildman–Crippen LogP) is 0.573. The van der Waals surface area contributed by atoms with E-state index in [0.29, 0.717) is 0 Å². The maximum Gasteiger partial charge on any atom is 0.482 e. The Kier molecular flexibility index (Phi) is 2.51. The van der Waals surface area contributed by atoms with Crippen LogP contribution in [0.2, 0.25) is 0 Å². The Morgan fingerprint density at radius 2 is 2.11 bits per heavy atom. The molecule has 0 aromatic carbocycles. The van der Waals surface area contributed by atoms with Gasteiger partial charge in [-0.05, 0) is 6.92 Å². The van der Waals surface area contributed by atoms with Gasteiger partial charge in [0, 0.05) is 0 Å². The normalized spacial score (nSPS) is 11.1. The van der Waals surface area contributed by atoms with Crippen LogP contribution in [0.3, 0.4) is 0 Å². The number of alkyl halides is 2. The van der Waals surface area contributed by atoms with Gasteiger partial charge in [-0.1, -0.05) is 0 Å². The molecule has 0 N–H and O–H groups in total. The molecule has 0 rings (SSSR count). The molecule has 0 aliphatic carbocycles. The van der Waals surface area contributed by atoms with Gasteiger partial charge in [0.05, 0.1) is 6.61 Å². The molecule has 0 spiro atoms. The van der Waals surface area contributed by atoms with Crippen molar-refractivity contribution < 1.29 is 23.4 Å². The Labute approximate surface area is 50.2 Å². The zero-order valence-electron chi connectivity index (χ0n) is 4.69. The molecule has 0 aliphatic heterocycles. The van der Waals surface area contributed by atoms with Crippen molar-refractivity contribution in [1.82, 2.24) is 0 Å². The summed E-state index contributed by atoms with van der Waals surface area (Å²) in [6.07, 6.45) is -4.60. The van der Waals surface area contributed by atoms with Gasteiger partial charge >= 0.3 is 12.1 Å². The minimum absolute atomic E-state index is 0.212. The fraction of sp³-hybridized carbons (Fsp3) is 0.750. The minimum atomic E-state index is -4.60. The summed E-state index contributed by atoms with van der Waals surface area (Å²) in [5.41, 5.74) is 0. The Bertz CT molecular complexity index is 107. The fourth-order valence-corrected chi connectivity index (χ4v) is 0.215. The Balaban J connectivity index is 3.74. The van der Waals surface area contributed by atoms with Gasteiger partial charge in [0.15, 0.2) is 0 Å². The van der Waals surface area contributed by atoms with E-state index in [-0.39, 0.29) is 6.61 Å². The molecule has 0 unspecified atom stereocenters. The van der Waals surface area contributed by atoms with E-state index >= 15 is 0 Å². The highest BCUT2D eigenvalue weighted by atomic mass is 19.3. The van der Waals surface area contributed by atoms with Crippen LogP contribution in [0, 0.1) is 0 Å². The third kappa shape index (κ3) is 2.97. The monoisotopic (exact) mass is 139 g/mol. The van der Waals surface area contributed by atoms with Gasteiger partial charge in [0.1, 0.15) is 0 Å². The average molecular weight is 139 g/mol. The van der Waals surface area contributed by atoms with Crippen molar-refractivity contribution in [3.63, 3.8) is 0 Å². The number of hydrogen-bond donors (Lipinski definition) is 0. The van der Waals surface area contributed by atoms with Crippen molar-refractivity contribution >= 4 is 5.97 Å². The van der Waals surface area contributed by atoms with Gasteiger partial charge in [0.2, 0.25) is 0 Å². The van der Waals surface area contributed by atoms with Crippen LogP contribution in [0.4, 0.5) is 8.78 Å². The van der Waals surface area contributed by atoms with Crippen LogP contribution in [0.5, 0.6) is 0 Å². The number of ether oxygens (including phenoxy) is 1. The summed E-state index contributed by atoms with van der Waals surface area (Å²) in [6.45, 7) is 1.13. The van der Waals surface area contributed by atoms with Crippen molar-refractivity contribution in [1.29, 1.82) is 0 Å². The zero-order chi connectivity index (χ0) is 7.49. The first-order valence-corrected chi connectivity index (χ1v) is 2.24. The highest BCUT2D eigenvalue weighted by Gasteiger charge is 2.40. The minimum Gasteiger partial charge on any atom is -0.459 e. The van der Waals surface area contributed by atoms with Crippen molar-refractivity contribution in [2.75, 3.05) is 6.61 Å². The van der Waals surface area contributed by atoms with Crippen molar-refractivity contribution in [2.45, 2.75) is 13.0 Å². The SMILES string of the molecule is CCOC(=O)C([O])(F)F. The molecule has 3 nitrogen and oxygen atoms in total. The second-order valence-corrected chi connectivity index (χ2v) is 1.24. The second kappa shape index (κ2) is 2.72. The number of esters is 1. The molecule has 0 bridgehead atoms. The van der Waals surface area contributed by atoms with Gasteiger partial charge < -0.3 is 4.74 Å². The largest absolute Gasteiger partial charge is 0.482 e. The predicted molar refractivity (Wildman–Crippen MR) is 22.3 cm³/mol. The summed E-state index contributed by atoms with van der Waals surface area (Å²) in [6, 6.07) is 0. The highest BCUT2D eigenvalue weighted by Crippen LogP contribution is 2.10. The summed E-state index contributed by atoms with van der Waals surface area (Å²) in [5, 5.41) is 9.39. The van der Waals surface area contributed by atoms with E-state index in [0.717, 1.165) is 0 Å². The molecule has 0 saturated heterocycles. The highest BCUT2D eigenvalue weighted by molar-refractivity contribution is 5.75. The lowest BCUT2D eigenvalue weighted by Gasteiger charge is -2.03. The first-order valence-electron chi connectivity index (χ1n) is 2.24. The fourth-order valence-electron chi connectivity index (χ4n) is 0.215.